The van der Waals surface area contributed by atoms with Crippen LogP contribution in [0, 0.1) is 0 Å². The summed E-state index contributed by atoms with van der Waals surface area (Å²) in [5.41, 5.74) is 7.02. The van der Waals surface area contributed by atoms with E-state index in [1.165, 1.54) is 5.56 Å². The lowest BCUT2D eigenvalue weighted by molar-refractivity contribution is -0.129. The predicted octanol–water partition coefficient (Wildman–Crippen LogP) is 5.11. The first kappa shape index (κ1) is 17.9. The van der Waals surface area contributed by atoms with Gasteiger partial charge in [0.15, 0.2) is 0 Å². The molecule has 0 fully saturated rings. The summed E-state index contributed by atoms with van der Waals surface area (Å²) in [5, 5.41) is 9.13. The number of carbonyl (C=O) groups is 1. The Morgan fingerprint density at radius 2 is 1.19 bits per heavy atom. The summed E-state index contributed by atoms with van der Waals surface area (Å²) >= 11 is 0. The van der Waals surface area contributed by atoms with Gasteiger partial charge in [-0.25, -0.2) is 5.48 Å². The SMILES string of the molecule is CC(C)c1ccc(-c2ccc(C(C(=O)NO)c3ccccc3)cc2)cc1. The highest BCUT2D eigenvalue weighted by Gasteiger charge is 2.22. The van der Waals surface area contributed by atoms with Crippen LogP contribution in [0.5, 0.6) is 0 Å². The summed E-state index contributed by atoms with van der Waals surface area (Å²) in [6.45, 7) is 4.36. The lowest BCUT2D eigenvalue weighted by Gasteiger charge is -2.16. The van der Waals surface area contributed by atoms with Crippen molar-refractivity contribution in [2.75, 3.05) is 0 Å². The lowest BCUT2D eigenvalue weighted by atomic mass is 9.89. The highest BCUT2D eigenvalue weighted by molar-refractivity contribution is 5.86. The fourth-order valence-electron chi connectivity index (χ4n) is 3.13. The van der Waals surface area contributed by atoms with Crippen molar-refractivity contribution in [2.45, 2.75) is 25.7 Å². The third kappa shape index (κ3) is 3.84. The number of carbonyl (C=O) groups excluding carboxylic acids is 1. The summed E-state index contributed by atoms with van der Waals surface area (Å²) < 4.78 is 0. The zero-order valence-corrected chi connectivity index (χ0v) is 15.0. The van der Waals surface area contributed by atoms with Gasteiger partial charge in [0, 0.05) is 0 Å². The summed E-state index contributed by atoms with van der Waals surface area (Å²) in [6, 6.07) is 25.9. The smallest absolute Gasteiger partial charge is 0.255 e. The van der Waals surface area contributed by atoms with Gasteiger partial charge in [-0.05, 0) is 33.7 Å². The Kier molecular flexibility index (Phi) is 5.49. The third-order valence-electron chi connectivity index (χ3n) is 4.66. The summed E-state index contributed by atoms with van der Waals surface area (Å²) in [6.07, 6.45) is 0. The van der Waals surface area contributed by atoms with Crippen LogP contribution in [-0.2, 0) is 4.79 Å². The number of nitrogens with one attached hydrogen (secondary N) is 1. The molecule has 0 heterocycles. The molecule has 0 saturated carbocycles. The molecule has 1 unspecified atom stereocenters. The molecule has 3 nitrogen and oxygen atoms in total. The van der Waals surface area contributed by atoms with Crippen LogP contribution in [0.3, 0.4) is 0 Å². The molecular weight excluding hydrogens is 322 g/mol. The molecule has 0 aliphatic rings. The normalized spacial score (nSPS) is 12.0. The van der Waals surface area contributed by atoms with E-state index in [0.29, 0.717) is 5.92 Å². The quantitative estimate of drug-likeness (QED) is 0.498. The number of benzene rings is 3. The topological polar surface area (TPSA) is 49.3 Å². The zero-order chi connectivity index (χ0) is 18.5. The molecule has 2 N–H and O–H groups in total. The Morgan fingerprint density at radius 1 is 0.731 bits per heavy atom. The number of hydroxylamine groups is 1. The first-order valence-electron chi connectivity index (χ1n) is 8.79. The van der Waals surface area contributed by atoms with Gasteiger partial charge < -0.3 is 0 Å². The molecule has 1 amide bonds. The summed E-state index contributed by atoms with van der Waals surface area (Å²) in [4.78, 5) is 12.2. The summed E-state index contributed by atoms with van der Waals surface area (Å²) in [7, 11) is 0. The molecule has 3 rings (SSSR count). The zero-order valence-electron chi connectivity index (χ0n) is 15.0. The molecule has 26 heavy (non-hydrogen) atoms. The molecule has 3 heteroatoms. The van der Waals surface area contributed by atoms with Crippen LogP contribution in [0.1, 0.15) is 42.4 Å². The van der Waals surface area contributed by atoms with E-state index in [9.17, 15) is 4.79 Å². The van der Waals surface area contributed by atoms with Crippen molar-refractivity contribution in [3.05, 3.63) is 95.6 Å². The maximum absolute atomic E-state index is 12.2. The van der Waals surface area contributed by atoms with Gasteiger partial charge in [-0.3, -0.25) is 10.0 Å². The lowest BCUT2D eigenvalue weighted by Crippen LogP contribution is -2.27. The van der Waals surface area contributed by atoms with Crippen LogP contribution in [0.4, 0.5) is 0 Å². The first-order chi connectivity index (χ1) is 12.6. The Balaban J connectivity index is 1.90. The van der Waals surface area contributed by atoms with Crippen molar-refractivity contribution in [3.8, 4) is 11.1 Å². The van der Waals surface area contributed by atoms with Gasteiger partial charge in [-0.2, -0.15) is 0 Å². The second kappa shape index (κ2) is 7.98. The number of hydrogen-bond acceptors (Lipinski definition) is 2. The van der Waals surface area contributed by atoms with E-state index in [4.69, 9.17) is 5.21 Å². The van der Waals surface area contributed by atoms with Gasteiger partial charge in [0.05, 0.1) is 5.92 Å². The van der Waals surface area contributed by atoms with Gasteiger partial charge in [-0.15, -0.1) is 0 Å². The summed E-state index contributed by atoms with van der Waals surface area (Å²) in [5.74, 6) is -0.473. The van der Waals surface area contributed by atoms with Crippen LogP contribution < -0.4 is 5.48 Å². The Hall–Kier alpha value is -2.91. The van der Waals surface area contributed by atoms with Crippen molar-refractivity contribution >= 4 is 5.91 Å². The average Bonchev–Trinajstić information content (AvgIpc) is 2.69. The molecule has 1 atom stereocenters. The Morgan fingerprint density at radius 3 is 1.65 bits per heavy atom. The molecule has 0 bridgehead atoms. The standard InChI is InChI=1S/C23H23NO2/c1-16(2)17-8-10-18(11-9-17)19-12-14-21(15-13-19)22(23(25)24-26)20-6-4-3-5-7-20/h3-16,22,26H,1-2H3,(H,24,25). The van der Waals surface area contributed by atoms with Gasteiger partial charge in [0.2, 0.25) is 0 Å². The molecule has 0 radical (unpaired) electrons. The van der Waals surface area contributed by atoms with Crippen molar-refractivity contribution in [2.24, 2.45) is 0 Å². The minimum Gasteiger partial charge on any atom is -0.289 e. The first-order valence-corrected chi connectivity index (χ1v) is 8.79. The maximum Gasteiger partial charge on any atom is 0.255 e. The monoisotopic (exact) mass is 345 g/mol. The van der Waals surface area contributed by atoms with Crippen LogP contribution >= 0.6 is 0 Å². The van der Waals surface area contributed by atoms with Crippen molar-refractivity contribution in [3.63, 3.8) is 0 Å². The highest BCUT2D eigenvalue weighted by atomic mass is 16.5. The fraction of sp³-hybridized carbons (Fsp3) is 0.174. The number of rotatable bonds is 5. The number of amides is 1. The number of hydrogen-bond donors (Lipinski definition) is 2. The van der Waals surface area contributed by atoms with E-state index in [1.54, 1.807) is 5.48 Å². The second-order valence-electron chi connectivity index (χ2n) is 6.72. The molecule has 0 aliphatic heterocycles. The Bertz CT molecular complexity index is 853. The van der Waals surface area contributed by atoms with Gasteiger partial charge in [0.1, 0.15) is 0 Å². The predicted molar refractivity (Wildman–Crippen MR) is 104 cm³/mol. The van der Waals surface area contributed by atoms with E-state index in [1.807, 2.05) is 54.6 Å². The molecule has 3 aromatic carbocycles. The molecule has 0 aromatic heterocycles. The molecule has 3 aromatic rings. The molecule has 132 valence electrons. The van der Waals surface area contributed by atoms with Crippen molar-refractivity contribution in [1.82, 2.24) is 5.48 Å². The maximum atomic E-state index is 12.2. The minimum atomic E-state index is -0.543. The van der Waals surface area contributed by atoms with Crippen molar-refractivity contribution in [1.29, 1.82) is 0 Å². The van der Waals surface area contributed by atoms with Crippen LogP contribution in [0.2, 0.25) is 0 Å². The molecular formula is C23H23NO2. The van der Waals surface area contributed by atoms with Crippen LogP contribution in [0.25, 0.3) is 11.1 Å². The minimum absolute atomic E-state index is 0.440. The second-order valence-corrected chi connectivity index (χ2v) is 6.72. The van der Waals surface area contributed by atoms with Gasteiger partial charge in [-0.1, -0.05) is 92.7 Å². The molecule has 0 spiro atoms. The van der Waals surface area contributed by atoms with E-state index >= 15 is 0 Å². The van der Waals surface area contributed by atoms with E-state index in [2.05, 4.69) is 38.1 Å². The van der Waals surface area contributed by atoms with Gasteiger partial charge in [0.25, 0.3) is 5.91 Å². The van der Waals surface area contributed by atoms with E-state index in [-0.39, 0.29) is 0 Å². The Labute approximate surface area is 154 Å². The highest BCUT2D eigenvalue weighted by Crippen LogP contribution is 2.28. The largest absolute Gasteiger partial charge is 0.289 e. The van der Waals surface area contributed by atoms with Gasteiger partial charge >= 0.3 is 0 Å². The van der Waals surface area contributed by atoms with Crippen molar-refractivity contribution < 1.29 is 10.0 Å². The average molecular weight is 345 g/mol. The van der Waals surface area contributed by atoms with E-state index < -0.39 is 11.8 Å². The third-order valence-corrected chi connectivity index (χ3v) is 4.66. The van der Waals surface area contributed by atoms with Crippen LogP contribution in [-0.4, -0.2) is 11.1 Å². The van der Waals surface area contributed by atoms with Crippen LogP contribution in [0.15, 0.2) is 78.9 Å². The van der Waals surface area contributed by atoms with E-state index in [0.717, 1.165) is 22.3 Å². The molecule has 0 aliphatic carbocycles. The fourth-order valence-corrected chi connectivity index (χ4v) is 3.13. The molecule has 0 saturated heterocycles.